The van der Waals surface area contributed by atoms with Crippen LogP contribution < -0.4 is 0 Å². The average Bonchev–Trinajstić information content (AvgIpc) is 2.16. The summed E-state index contributed by atoms with van der Waals surface area (Å²) in [6.45, 7) is 0. The number of hydrogen-bond acceptors (Lipinski definition) is 6. The molecule has 0 spiro atoms. The van der Waals surface area contributed by atoms with E-state index in [-0.39, 0.29) is 6.42 Å². The van der Waals surface area contributed by atoms with E-state index in [0.717, 1.165) is 13.2 Å². The number of nitrogens with zero attached hydrogens (tertiary/aromatic N) is 1. The summed E-state index contributed by atoms with van der Waals surface area (Å²) in [6, 6.07) is 0. The van der Waals surface area contributed by atoms with Crippen molar-refractivity contribution in [3.05, 3.63) is 33.4 Å². The zero-order chi connectivity index (χ0) is 11.6. The summed E-state index contributed by atoms with van der Waals surface area (Å²) in [5.74, 6) is -2.98. The SMILES string of the molecule is COC(=O)C1CC([N+](=O)[O-])=C(O)C=C1O. The van der Waals surface area contributed by atoms with Crippen LogP contribution in [0.25, 0.3) is 0 Å². The first-order chi connectivity index (χ1) is 6.97. The highest BCUT2D eigenvalue weighted by molar-refractivity contribution is 5.76. The predicted molar refractivity (Wildman–Crippen MR) is 47.5 cm³/mol. The molecule has 1 aliphatic rings. The van der Waals surface area contributed by atoms with Gasteiger partial charge >= 0.3 is 5.97 Å². The van der Waals surface area contributed by atoms with Crippen molar-refractivity contribution in [1.29, 1.82) is 0 Å². The molecule has 0 fully saturated rings. The lowest BCUT2D eigenvalue weighted by molar-refractivity contribution is -0.431. The number of carbonyl (C=O) groups is 1. The van der Waals surface area contributed by atoms with Gasteiger partial charge in [-0.3, -0.25) is 14.9 Å². The Bertz CT molecular complexity index is 369. The minimum Gasteiger partial charge on any atom is -0.511 e. The monoisotopic (exact) mass is 215 g/mol. The predicted octanol–water partition coefficient (Wildman–Crippen LogP) is 0.667. The van der Waals surface area contributed by atoms with E-state index in [0.29, 0.717) is 0 Å². The molecular formula is C8H9NO6. The van der Waals surface area contributed by atoms with Gasteiger partial charge in [-0.2, -0.15) is 0 Å². The maximum Gasteiger partial charge on any atom is 0.316 e. The summed E-state index contributed by atoms with van der Waals surface area (Å²) < 4.78 is 4.36. The Balaban J connectivity index is 3.01. The summed E-state index contributed by atoms with van der Waals surface area (Å²) in [5, 5.41) is 28.9. The van der Waals surface area contributed by atoms with E-state index in [2.05, 4.69) is 4.74 Å². The summed E-state index contributed by atoms with van der Waals surface area (Å²) in [7, 11) is 1.11. The number of rotatable bonds is 2. The van der Waals surface area contributed by atoms with E-state index in [1.165, 1.54) is 0 Å². The van der Waals surface area contributed by atoms with Gasteiger partial charge in [-0.15, -0.1) is 0 Å². The van der Waals surface area contributed by atoms with Gasteiger partial charge in [-0.25, -0.2) is 0 Å². The fourth-order valence-electron chi connectivity index (χ4n) is 1.24. The number of allylic oxidation sites excluding steroid dienone is 2. The van der Waals surface area contributed by atoms with E-state index in [1.807, 2.05) is 0 Å². The van der Waals surface area contributed by atoms with Crippen molar-refractivity contribution >= 4 is 5.97 Å². The number of aliphatic hydroxyl groups is 2. The van der Waals surface area contributed by atoms with Gasteiger partial charge in [0.25, 0.3) is 5.70 Å². The summed E-state index contributed by atoms with van der Waals surface area (Å²) in [5.41, 5.74) is -0.511. The van der Waals surface area contributed by atoms with Gasteiger partial charge < -0.3 is 14.9 Å². The average molecular weight is 215 g/mol. The lowest BCUT2D eigenvalue weighted by Crippen LogP contribution is -2.24. The topological polar surface area (TPSA) is 110 Å². The molecule has 0 aromatic heterocycles. The molecule has 0 aromatic rings. The molecule has 0 bridgehead atoms. The molecular weight excluding hydrogens is 206 g/mol. The van der Waals surface area contributed by atoms with Crippen molar-refractivity contribution in [3.8, 4) is 0 Å². The summed E-state index contributed by atoms with van der Waals surface area (Å²) >= 11 is 0. The first-order valence-electron chi connectivity index (χ1n) is 4.02. The Morgan fingerprint density at radius 1 is 1.67 bits per heavy atom. The molecule has 0 radical (unpaired) electrons. The normalized spacial score (nSPS) is 20.9. The van der Waals surface area contributed by atoms with Crippen LogP contribution in [0.1, 0.15) is 6.42 Å². The lowest BCUT2D eigenvalue weighted by Gasteiger charge is -2.16. The molecule has 1 atom stereocenters. The second-order valence-corrected chi connectivity index (χ2v) is 2.94. The van der Waals surface area contributed by atoms with Crippen LogP contribution in [0.3, 0.4) is 0 Å². The number of nitro groups is 1. The number of ether oxygens (including phenoxy) is 1. The van der Waals surface area contributed by atoms with Crippen molar-refractivity contribution in [2.45, 2.75) is 6.42 Å². The second kappa shape index (κ2) is 3.99. The maximum atomic E-state index is 11.1. The quantitative estimate of drug-likeness (QED) is 0.398. The number of esters is 1. The molecule has 0 heterocycles. The van der Waals surface area contributed by atoms with Gasteiger partial charge in [0.2, 0.25) is 0 Å². The maximum absolute atomic E-state index is 11.1. The van der Waals surface area contributed by atoms with Crippen molar-refractivity contribution < 1.29 is 24.7 Å². The molecule has 1 unspecified atom stereocenters. The van der Waals surface area contributed by atoms with Crippen LogP contribution in [0.2, 0.25) is 0 Å². The van der Waals surface area contributed by atoms with Crippen LogP contribution in [0, 0.1) is 16.0 Å². The first kappa shape index (κ1) is 11.0. The number of hydrogen-bond donors (Lipinski definition) is 2. The van der Waals surface area contributed by atoms with Crippen LogP contribution >= 0.6 is 0 Å². The molecule has 0 aromatic carbocycles. The zero-order valence-corrected chi connectivity index (χ0v) is 7.84. The third-order valence-corrected chi connectivity index (χ3v) is 2.04. The third kappa shape index (κ3) is 2.06. The highest BCUT2D eigenvalue weighted by Gasteiger charge is 2.35. The van der Waals surface area contributed by atoms with Crippen LogP contribution in [0.15, 0.2) is 23.3 Å². The van der Waals surface area contributed by atoms with Crippen molar-refractivity contribution in [2.24, 2.45) is 5.92 Å². The fourth-order valence-corrected chi connectivity index (χ4v) is 1.24. The molecule has 0 saturated carbocycles. The highest BCUT2D eigenvalue weighted by Crippen LogP contribution is 2.27. The summed E-state index contributed by atoms with van der Waals surface area (Å²) in [6.07, 6.45) is 0.400. The molecule has 0 amide bonds. The van der Waals surface area contributed by atoms with Gasteiger partial charge in [0.15, 0.2) is 5.76 Å². The van der Waals surface area contributed by atoms with E-state index in [4.69, 9.17) is 5.11 Å². The van der Waals surface area contributed by atoms with Gasteiger partial charge in [0.05, 0.1) is 18.5 Å². The third-order valence-electron chi connectivity index (χ3n) is 2.04. The van der Waals surface area contributed by atoms with Crippen LogP contribution in [-0.2, 0) is 9.53 Å². The smallest absolute Gasteiger partial charge is 0.316 e. The largest absolute Gasteiger partial charge is 0.511 e. The van der Waals surface area contributed by atoms with Crippen molar-refractivity contribution in [1.82, 2.24) is 0 Å². The van der Waals surface area contributed by atoms with E-state index in [9.17, 15) is 20.0 Å². The van der Waals surface area contributed by atoms with E-state index < -0.39 is 34.0 Å². The molecule has 0 aliphatic heterocycles. The van der Waals surface area contributed by atoms with Crippen LogP contribution in [-0.4, -0.2) is 28.2 Å². The number of carbonyl (C=O) groups excluding carboxylic acids is 1. The van der Waals surface area contributed by atoms with Crippen molar-refractivity contribution in [3.63, 3.8) is 0 Å². The van der Waals surface area contributed by atoms with E-state index in [1.54, 1.807) is 0 Å². The molecule has 2 N–H and O–H groups in total. The Hall–Kier alpha value is -2.05. The molecule has 0 saturated heterocycles. The van der Waals surface area contributed by atoms with Gasteiger partial charge in [-0.05, 0) is 0 Å². The molecule has 1 rings (SSSR count). The minimum absolute atomic E-state index is 0.381. The van der Waals surface area contributed by atoms with Crippen molar-refractivity contribution in [2.75, 3.05) is 7.11 Å². The van der Waals surface area contributed by atoms with Crippen LogP contribution in [0.4, 0.5) is 0 Å². The Morgan fingerprint density at radius 3 is 2.73 bits per heavy atom. The molecule has 82 valence electrons. The molecule has 7 heteroatoms. The Morgan fingerprint density at radius 2 is 2.27 bits per heavy atom. The molecule has 1 aliphatic carbocycles. The Labute approximate surface area is 84.4 Å². The lowest BCUT2D eigenvalue weighted by atomic mass is 9.95. The molecule has 15 heavy (non-hydrogen) atoms. The summed E-state index contributed by atoms with van der Waals surface area (Å²) in [4.78, 5) is 20.8. The fraction of sp³-hybridized carbons (Fsp3) is 0.375. The Kier molecular flexibility index (Phi) is 2.93. The minimum atomic E-state index is -1.12. The second-order valence-electron chi connectivity index (χ2n) is 2.94. The standard InChI is InChI=1S/C8H9NO6/c1-15-8(12)4-2-5(9(13)14)7(11)3-6(4)10/h3-4,10-11H,2H2,1H3. The van der Waals surface area contributed by atoms with E-state index >= 15 is 0 Å². The number of methoxy groups -OCH3 is 1. The number of aliphatic hydroxyl groups excluding tert-OH is 2. The first-order valence-corrected chi connectivity index (χ1v) is 4.02. The highest BCUT2D eigenvalue weighted by atomic mass is 16.6. The van der Waals surface area contributed by atoms with Gasteiger partial charge in [0.1, 0.15) is 11.7 Å². The zero-order valence-electron chi connectivity index (χ0n) is 7.84. The van der Waals surface area contributed by atoms with Gasteiger partial charge in [0, 0.05) is 6.08 Å². The molecule has 7 nitrogen and oxygen atoms in total. The van der Waals surface area contributed by atoms with Crippen LogP contribution in [0.5, 0.6) is 0 Å². The van der Waals surface area contributed by atoms with Gasteiger partial charge in [-0.1, -0.05) is 0 Å².